The van der Waals surface area contributed by atoms with Gasteiger partial charge in [-0.15, -0.1) is 0 Å². The van der Waals surface area contributed by atoms with E-state index in [2.05, 4.69) is 67.5 Å². The molecule has 1 spiro atoms. The summed E-state index contributed by atoms with van der Waals surface area (Å²) in [6.07, 6.45) is 4.96. The maximum absolute atomic E-state index is 14.1. The summed E-state index contributed by atoms with van der Waals surface area (Å²) in [5.41, 5.74) is 6.08. The summed E-state index contributed by atoms with van der Waals surface area (Å²) in [5.74, 6) is -1.72. The highest BCUT2D eigenvalue weighted by atomic mass is 19.1. The zero-order chi connectivity index (χ0) is 25.8. The van der Waals surface area contributed by atoms with Gasteiger partial charge in [-0.2, -0.15) is 0 Å². The van der Waals surface area contributed by atoms with E-state index in [1.54, 1.807) is 0 Å². The Morgan fingerprint density at radius 2 is 1.51 bits per heavy atom. The number of nitrogens with zero attached hydrogens (tertiary/aromatic N) is 2. The molecule has 0 saturated heterocycles. The normalized spacial score (nSPS) is 24.9. The molecule has 37 heavy (non-hydrogen) atoms. The lowest BCUT2D eigenvalue weighted by atomic mass is 9.63. The number of rotatable bonds is 3. The van der Waals surface area contributed by atoms with Crippen molar-refractivity contribution in [3.05, 3.63) is 112 Å². The summed E-state index contributed by atoms with van der Waals surface area (Å²) >= 11 is 0. The van der Waals surface area contributed by atoms with Crippen LogP contribution in [0.15, 0.2) is 78.4 Å². The number of fused-ring (bicyclic) bond motifs is 3. The number of hydrogen-bond donors (Lipinski definition) is 0. The van der Waals surface area contributed by atoms with Crippen LogP contribution in [0.3, 0.4) is 0 Å². The predicted octanol–water partition coefficient (Wildman–Crippen LogP) is 6.59. The van der Waals surface area contributed by atoms with Gasteiger partial charge in [0.25, 0.3) is 5.91 Å². The summed E-state index contributed by atoms with van der Waals surface area (Å²) in [7, 11) is 4.28. The molecule has 0 radical (unpaired) electrons. The summed E-state index contributed by atoms with van der Waals surface area (Å²) in [6.45, 7) is 0.546. The van der Waals surface area contributed by atoms with Crippen LogP contribution in [-0.2, 0) is 12.0 Å². The van der Waals surface area contributed by atoms with E-state index in [9.17, 15) is 13.6 Å². The van der Waals surface area contributed by atoms with Crippen molar-refractivity contribution in [2.24, 2.45) is 0 Å². The standard InChI is InChI=1S/C32H32F2N2O/c1-35(2)31(24-9-4-3-5-10-24)13-15-32(16-14-31)29-20-22-8-6-7-11-27(22)28(29)12-17-36(32)30(37)23-18-25(33)21-26(34)19-23/h3-11,18-19,21H,12-17,20H2,1-2H3. The Bertz CT molecular complexity index is 1370. The van der Waals surface area contributed by atoms with Crippen LogP contribution in [0.5, 0.6) is 0 Å². The Labute approximate surface area is 217 Å². The number of halogens is 2. The van der Waals surface area contributed by atoms with Crippen molar-refractivity contribution in [3.8, 4) is 0 Å². The van der Waals surface area contributed by atoms with Crippen LogP contribution in [0.1, 0.15) is 59.2 Å². The van der Waals surface area contributed by atoms with Gasteiger partial charge >= 0.3 is 0 Å². The van der Waals surface area contributed by atoms with Crippen molar-refractivity contribution >= 4 is 11.5 Å². The van der Waals surface area contributed by atoms with E-state index in [4.69, 9.17) is 0 Å². The molecule has 0 aromatic heterocycles. The van der Waals surface area contributed by atoms with Gasteiger partial charge in [-0.25, -0.2) is 8.78 Å². The molecule has 1 amide bonds. The lowest BCUT2D eigenvalue weighted by molar-refractivity contribution is 0.00718. The van der Waals surface area contributed by atoms with Crippen LogP contribution in [0.4, 0.5) is 8.78 Å². The van der Waals surface area contributed by atoms with Crippen molar-refractivity contribution < 1.29 is 13.6 Å². The van der Waals surface area contributed by atoms with Gasteiger partial charge in [-0.05, 0) is 92.6 Å². The SMILES string of the molecule is CN(C)C1(c2ccccc2)CCC2(CC1)C1=C(CCN2C(=O)c2cc(F)cc(F)c2)c2ccccc2C1. The van der Waals surface area contributed by atoms with Crippen LogP contribution in [-0.4, -0.2) is 41.9 Å². The Kier molecular flexibility index (Phi) is 5.79. The topological polar surface area (TPSA) is 23.6 Å². The average molecular weight is 499 g/mol. The second-order valence-corrected chi connectivity index (χ2v) is 11.0. The third-order valence-electron chi connectivity index (χ3n) is 9.16. The molecule has 6 rings (SSSR count). The monoisotopic (exact) mass is 498 g/mol. The highest BCUT2D eigenvalue weighted by Crippen LogP contribution is 2.55. The first-order chi connectivity index (χ1) is 17.8. The van der Waals surface area contributed by atoms with E-state index in [1.165, 1.54) is 40.0 Å². The molecule has 5 heteroatoms. The largest absolute Gasteiger partial charge is 0.329 e. The molecule has 1 heterocycles. The number of hydrogen-bond acceptors (Lipinski definition) is 2. The average Bonchev–Trinajstić information content (AvgIpc) is 3.29. The van der Waals surface area contributed by atoms with Gasteiger partial charge in [0.15, 0.2) is 0 Å². The van der Waals surface area contributed by atoms with E-state index in [0.717, 1.165) is 44.6 Å². The fourth-order valence-electron chi connectivity index (χ4n) is 7.28. The quantitative estimate of drug-likeness (QED) is 0.407. The van der Waals surface area contributed by atoms with Crippen molar-refractivity contribution in [1.82, 2.24) is 9.80 Å². The molecule has 0 unspecified atom stereocenters. The Morgan fingerprint density at radius 1 is 0.865 bits per heavy atom. The highest BCUT2D eigenvalue weighted by molar-refractivity contribution is 5.96. The van der Waals surface area contributed by atoms with Crippen LogP contribution >= 0.6 is 0 Å². The summed E-state index contributed by atoms with van der Waals surface area (Å²) in [4.78, 5) is 18.2. The zero-order valence-electron chi connectivity index (χ0n) is 21.4. The van der Waals surface area contributed by atoms with E-state index in [-0.39, 0.29) is 17.0 Å². The zero-order valence-corrected chi connectivity index (χ0v) is 21.4. The molecule has 3 aromatic carbocycles. The van der Waals surface area contributed by atoms with Crippen molar-refractivity contribution in [3.63, 3.8) is 0 Å². The molecule has 0 N–H and O–H groups in total. The Balaban J connectivity index is 1.44. The van der Waals surface area contributed by atoms with E-state index >= 15 is 0 Å². The first kappa shape index (κ1) is 24.1. The first-order valence-electron chi connectivity index (χ1n) is 13.2. The summed E-state index contributed by atoms with van der Waals surface area (Å²) in [6, 6.07) is 22.3. The van der Waals surface area contributed by atoms with Gasteiger partial charge in [-0.3, -0.25) is 9.69 Å². The number of amides is 1. The molecule has 3 aromatic rings. The van der Waals surface area contributed by atoms with Crippen molar-refractivity contribution in [2.75, 3.05) is 20.6 Å². The van der Waals surface area contributed by atoms with Gasteiger partial charge in [0.1, 0.15) is 11.6 Å². The molecule has 1 fully saturated rings. The Morgan fingerprint density at radius 3 is 2.19 bits per heavy atom. The molecule has 2 aliphatic carbocycles. The van der Waals surface area contributed by atoms with Crippen LogP contribution in [0.2, 0.25) is 0 Å². The predicted molar refractivity (Wildman–Crippen MR) is 142 cm³/mol. The maximum Gasteiger partial charge on any atom is 0.254 e. The minimum absolute atomic E-state index is 0.0870. The van der Waals surface area contributed by atoms with Gasteiger partial charge in [0.2, 0.25) is 0 Å². The van der Waals surface area contributed by atoms with E-state index in [0.29, 0.717) is 6.54 Å². The van der Waals surface area contributed by atoms with Gasteiger partial charge in [-0.1, -0.05) is 54.6 Å². The third-order valence-corrected chi connectivity index (χ3v) is 9.16. The Hall–Kier alpha value is -3.31. The fraction of sp³-hybridized carbons (Fsp3) is 0.344. The van der Waals surface area contributed by atoms with Crippen LogP contribution in [0, 0.1) is 11.6 Å². The lowest BCUT2D eigenvalue weighted by Crippen LogP contribution is -2.60. The molecular formula is C32H32F2N2O. The van der Waals surface area contributed by atoms with Crippen molar-refractivity contribution in [2.45, 2.75) is 49.6 Å². The van der Waals surface area contributed by atoms with Crippen LogP contribution in [0.25, 0.3) is 5.57 Å². The minimum Gasteiger partial charge on any atom is -0.329 e. The fourth-order valence-corrected chi connectivity index (χ4v) is 7.28. The highest BCUT2D eigenvalue weighted by Gasteiger charge is 2.53. The molecule has 3 nitrogen and oxygen atoms in total. The molecule has 1 saturated carbocycles. The van der Waals surface area contributed by atoms with Gasteiger partial charge in [0, 0.05) is 23.7 Å². The molecular weight excluding hydrogens is 466 g/mol. The van der Waals surface area contributed by atoms with E-state index < -0.39 is 17.2 Å². The molecule has 1 aliphatic heterocycles. The summed E-state index contributed by atoms with van der Waals surface area (Å²) < 4.78 is 28.3. The molecule has 190 valence electrons. The summed E-state index contributed by atoms with van der Waals surface area (Å²) in [5, 5.41) is 0. The van der Waals surface area contributed by atoms with E-state index in [1.807, 2.05) is 11.0 Å². The first-order valence-corrected chi connectivity index (χ1v) is 13.2. The number of benzene rings is 3. The smallest absolute Gasteiger partial charge is 0.254 e. The van der Waals surface area contributed by atoms with Gasteiger partial charge < -0.3 is 4.90 Å². The third kappa shape index (κ3) is 3.74. The second kappa shape index (κ2) is 8.91. The lowest BCUT2D eigenvalue weighted by Gasteiger charge is -2.56. The van der Waals surface area contributed by atoms with Gasteiger partial charge in [0.05, 0.1) is 5.54 Å². The number of carbonyl (C=O) groups excluding carboxylic acids is 1. The van der Waals surface area contributed by atoms with Crippen molar-refractivity contribution in [1.29, 1.82) is 0 Å². The molecule has 0 atom stereocenters. The second-order valence-electron chi connectivity index (χ2n) is 11.0. The minimum atomic E-state index is -0.720. The maximum atomic E-state index is 14.1. The number of carbonyl (C=O) groups is 1. The molecule has 0 bridgehead atoms. The van der Waals surface area contributed by atoms with Crippen LogP contribution < -0.4 is 0 Å². The molecule has 3 aliphatic rings.